The van der Waals surface area contributed by atoms with E-state index in [0.29, 0.717) is 5.69 Å². The van der Waals surface area contributed by atoms with Crippen molar-refractivity contribution in [2.75, 3.05) is 19.6 Å². The van der Waals surface area contributed by atoms with Gasteiger partial charge in [0, 0.05) is 32.6 Å². The first kappa shape index (κ1) is 19.7. The van der Waals surface area contributed by atoms with E-state index in [1.807, 2.05) is 31.0 Å². The monoisotopic (exact) mass is 394 g/mol. The molecule has 1 aliphatic carbocycles. The summed E-state index contributed by atoms with van der Waals surface area (Å²) in [6, 6.07) is 12.2. The summed E-state index contributed by atoms with van der Waals surface area (Å²) in [5.41, 5.74) is 2.92. The molecular weight excluding hydrogens is 364 g/mol. The number of amides is 2. The normalized spacial score (nSPS) is 19.9. The van der Waals surface area contributed by atoms with Crippen LogP contribution >= 0.6 is 0 Å². The number of nitrogens with zero attached hydrogens (tertiary/aromatic N) is 3. The van der Waals surface area contributed by atoms with Gasteiger partial charge in [-0.05, 0) is 56.1 Å². The Morgan fingerprint density at radius 2 is 1.93 bits per heavy atom. The van der Waals surface area contributed by atoms with Crippen LogP contribution in [-0.4, -0.2) is 46.1 Å². The van der Waals surface area contributed by atoms with E-state index >= 15 is 0 Å². The molecule has 6 nitrogen and oxygen atoms in total. The molecule has 0 bridgehead atoms. The molecule has 154 valence electrons. The zero-order valence-electron chi connectivity index (χ0n) is 17.4. The number of hydrogen-bond donors (Lipinski definition) is 1. The molecule has 2 aliphatic rings. The Bertz CT molecular complexity index is 882. The van der Waals surface area contributed by atoms with Gasteiger partial charge < -0.3 is 10.2 Å². The summed E-state index contributed by atoms with van der Waals surface area (Å²) in [6.07, 6.45) is 4.74. The second-order valence-electron chi connectivity index (χ2n) is 8.59. The van der Waals surface area contributed by atoms with Gasteiger partial charge in [0.1, 0.15) is 5.69 Å². The average molecular weight is 395 g/mol. The zero-order valence-corrected chi connectivity index (χ0v) is 17.4. The van der Waals surface area contributed by atoms with E-state index in [2.05, 4.69) is 34.7 Å². The number of carbonyl (C=O) groups is 2. The Labute approximate surface area is 172 Å². The summed E-state index contributed by atoms with van der Waals surface area (Å²) in [4.78, 5) is 27.2. The molecule has 1 aromatic carbocycles. The van der Waals surface area contributed by atoms with Crippen LogP contribution in [0.5, 0.6) is 0 Å². The largest absolute Gasteiger partial charge is 0.356 e. The fraction of sp³-hybridized carbons (Fsp3) is 0.522. The molecule has 2 aromatic rings. The highest BCUT2D eigenvalue weighted by atomic mass is 16.2. The summed E-state index contributed by atoms with van der Waals surface area (Å²) >= 11 is 0. The van der Waals surface area contributed by atoms with Crippen molar-refractivity contribution < 1.29 is 9.59 Å². The number of benzene rings is 1. The zero-order chi connectivity index (χ0) is 20.4. The van der Waals surface area contributed by atoms with Gasteiger partial charge in [0.05, 0.1) is 5.69 Å². The maximum Gasteiger partial charge on any atom is 0.272 e. The van der Waals surface area contributed by atoms with Crippen LogP contribution in [0.1, 0.15) is 47.4 Å². The van der Waals surface area contributed by atoms with E-state index in [0.717, 1.165) is 57.4 Å². The maximum atomic E-state index is 12.8. The smallest absolute Gasteiger partial charge is 0.272 e. The van der Waals surface area contributed by atoms with Crippen molar-refractivity contribution in [2.45, 2.75) is 39.0 Å². The Morgan fingerprint density at radius 1 is 1.21 bits per heavy atom. The van der Waals surface area contributed by atoms with Crippen LogP contribution in [0.4, 0.5) is 0 Å². The summed E-state index contributed by atoms with van der Waals surface area (Å²) in [7, 11) is 1.81. The van der Waals surface area contributed by atoms with Crippen LogP contribution in [-0.2, 0) is 18.3 Å². The number of aromatic nitrogens is 2. The predicted octanol–water partition coefficient (Wildman–Crippen LogP) is 2.72. The SMILES string of the molecule is Cc1cc(C(=O)N2CCC3(CC2)C[C@@H]3C(=O)NCCCc2ccccc2)n(C)n1. The van der Waals surface area contributed by atoms with Crippen LogP contribution in [0.25, 0.3) is 0 Å². The molecule has 1 N–H and O–H groups in total. The fourth-order valence-corrected chi connectivity index (χ4v) is 4.67. The number of piperidine rings is 1. The van der Waals surface area contributed by atoms with Gasteiger partial charge in [-0.25, -0.2) is 0 Å². The van der Waals surface area contributed by atoms with Crippen LogP contribution in [0.2, 0.25) is 0 Å². The molecule has 1 saturated carbocycles. The second-order valence-corrected chi connectivity index (χ2v) is 8.59. The Kier molecular flexibility index (Phi) is 5.43. The Morgan fingerprint density at radius 3 is 2.59 bits per heavy atom. The van der Waals surface area contributed by atoms with Crippen molar-refractivity contribution in [1.29, 1.82) is 0 Å². The Hall–Kier alpha value is -2.63. The van der Waals surface area contributed by atoms with E-state index in [9.17, 15) is 9.59 Å². The lowest BCUT2D eigenvalue weighted by Crippen LogP contribution is -2.41. The van der Waals surface area contributed by atoms with Crippen LogP contribution in [0, 0.1) is 18.3 Å². The van der Waals surface area contributed by atoms with Crippen molar-refractivity contribution in [3.63, 3.8) is 0 Å². The van der Waals surface area contributed by atoms with Gasteiger partial charge in [0.2, 0.25) is 5.91 Å². The number of likely N-dealkylation sites (tertiary alicyclic amines) is 1. The molecule has 1 aliphatic heterocycles. The minimum Gasteiger partial charge on any atom is -0.356 e. The van der Waals surface area contributed by atoms with E-state index < -0.39 is 0 Å². The number of aryl methyl sites for hydroxylation is 3. The highest BCUT2D eigenvalue weighted by molar-refractivity contribution is 5.93. The van der Waals surface area contributed by atoms with E-state index in [4.69, 9.17) is 0 Å². The predicted molar refractivity (Wildman–Crippen MR) is 111 cm³/mol. The molecule has 4 rings (SSSR count). The van der Waals surface area contributed by atoms with Crippen LogP contribution < -0.4 is 5.32 Å². The Balaban J connectivity index is 1.21. The summed E-state index contributed by atoms with van der Waals surface area (Å²) in [6.45, 7) is 4.07. The topological polar surface area (TPSA) is 67.2 Å². The average Bonchev–Trinajstić information content (AvgIpc) is 3.32. The minimum absolute atomic E-state index is 0.0468. The quantitative estimate of drug-likeness (QED) is 0.766. The first-order valence-electron chi connectivity index (χ1n) is 10.6. The molecule has 0 radical (unpaired) electrons. The van der Waals surface area contributed by atoms with Crippen molar-refractivity contribution in [3.8, 4) is 0 Å². The first-order valence-corrected chi connectivity index (χ1v) is 10.6. The van der Waals surface area contributed by atoms with Gasteiger partial charge in [0.15, 0.2) is 0 Å². The van der Waals surface area contributed by atoms with Crippen molar-refractivity contribution in [1.82, 2.24) is 20.0 Å². The van der Waals surface area contributed by atoms with Crippen molar-refractivity contribution >= 4 is 11.8 Å². The molecule has 2 heterocycles. The van der Waals surface area contributed by atoms with Crippen molar-refractivity contribution in [3.05, 3.63) is 53.3 Å². The van der Waals surface area contributed by atoms with Crippen LogP contribution in [0.15, 0.2) is 36.4 Å². The molecule has 1 atom stereocenters. The molecule has 2 fully saturated rings. The molecule has 29 heavy (non-hydrogen) atoms. The summed E-state index contributed by atoms with van der Waals surface area (Å²) in [5, 5.41) is 7.40. The molecular formula is C23H30N4O2. The van der Waals surface area contributed by atoms with Gasteiger partial charge in [0.25, 0.3) is 5.91 Å². The van der Waals surface area contributed by atoms with E-state index in [1.54, 1.807) is 4.68 Å². The van der Waals surface area contributed by atoms with Crippen LogP contribution in [0.3, 0.4) is 0 Å². The second kappa shape index (κ2) is 8.01. The fourth-order valence-electron chi connectivity index (χ4n) is 4.67. The van der Waals surface area contributed by atoms with Gasteiger partial charge in [-0.1, -0.05) is 30.3 Å². The third kappa shape index (κ3) is 4.21. The maximum absolute atomic E-state index is 12.8. The highest BCUT2D eigenvalue weighted by Crippen LogP contribution is 2.59. The van der Waals surface area contributed by atoms with Crippen molar-refractivity contribution in [2.24, 2.45) is 18.4 Å². The summed E-state index contributed by atoms with van der Waals surface area (Å²) < 4.78 is 1.66. The lowest BCUT2D eigenvalue weighted by molar-refractivity contribution is -0.123. The molecule has 1 aromatic heterocycles. The van der Waals surface area contributed by atoms with E-state index in [-0.39, 0.29) is 23.1 Å². The minimum atomic E-state index is 0.0468. The van der Waals surface area contributed by atoms with Gasteiger partial charge in [-0.3, -0.25) is 14.3 Å². The van der Waals surface area contributed by atoms with E-state index in [1.165, 1.54) is 5.56 Å². The molecule has 1 saturated heterocycles. The number of nitrogens with one attached hydrogen (secondary N) is 1. The standard InChI is InChI=1S/C23H30N4O2/c1-17-15-20(26(2)25-17)22(29)27-13-10-23(11-14-27)16-19(23)21(28)24-12-6-9-18-7-4-3-5-8-18/h3-5,7-8,15,19H,6,9-14,16H2,1-2H3,(H,24,28)/t19-/m1/s1. The third-order valence-corrected chi connectivity index (χ3v) is 6.56. The molecule has 1 spiro atoms. The summed E-state index contributed by atoms with van der Waals surface area (Å²) in [5.74, 6) is 0.362. The lowest BCUT2D eigenvalue weighted by atomic mass is 9.90. The van der Waals surface area contributed by atoms with Gasteiger partial charge in [-0.15, -0.1) is 0 Å². The highest BCUT2D eigenvalue weighted by Gasteiger charge is 2.58. The number of rotatable bonds is 6. The number of carbonyl (C=O) groups excluding carboxylic acids is 2. The van der Waals surface area contributed by atoms with Gasteiger partial charge in [-0.2, -0.15) is 5.10 Å². The first-order chi connectivity index (χ1) is 14.0. The lowest BCUT2D eigenvalue weighted by Gasteiger charge is -2.32. The molecule has 2 amide bonds. The third-order valence-electron chi connectivity index (χ3n) is 6.56. The van der Waals surface area contributed by atoms with Gasteiger partial charge >= 0.3 is 0 Å². The number of hydrogen-bond acceptors (Lipinski definition) is 3. The molecule has 0 unspecified atom stereocenters. The molecule has 6 heteroatoms.